The molecule has 0 amide bonds. The Balaban J connectivity index is 0.00000124. The maximum atomic E-state index is 12.2. The molecule has 1 unspecified atom stereocenters. The van der Waals surface area contributed by atoms with Crippen LogP contribution in [0.5, 0.6) is 0 Å². The van der Waals surface area contributed by atoms with Gasteiger partial charge in [-0.3, -0.25) is 13.7 Å². The highest BCUT2D eigenvalue weighted by Gasteiger charge is 2.13. The summed E-state index contributed by atoms with van der Waals surface area (Å²) in [6, 6.07) is 1.92. The molecular formula is C19H26N8OS2. The number of aromatic amines is 1. The zero-order valence-corrected chi connectivity index (χ0v) is 19.1. The number of hydrogen-bond acceptors (Lipinski definition) is 8. The fourth-order valence-corrected chi connectivity index (χ4v) is 4.63. The molecule has 9 nitrogen and oxygen atoms in total. The molecule has 1 atom stereocenters. The molecule has 4 aromatic rings. The summed E-state index contributed by atoms with van der Waals surface area (Å²) in [7, 11) is 3.02. The molecule has 0 saturated heterocycles. The van der Waals surface area contributed by atoms with Gasteiger partial charge in [-0.2, -0.15) is 9.47 Å². The van der Waals surface area contributed by atoms with E-state index in [0.717, 1.165) is 28.5 Å². The molecule has 0 bridgehead atoms. The summed E-state index contributed by atoms with van der Waals surface area (Å²) in [5.74, 6) is 1.73. The van der Waals surface area contributed by atoms with Gasteiger partial charge in [0, 0.05) is 47.3 Å². The average molecular weight is 447 g/mol. The number of H-pyrrole nitrogens is 1. The zero-order chi connectivity index (χ0) is 21.5. The van der Waals surface area contributed by atoms with Gasteiger partial charge in [-0.1, -0.05) is 13.8 Å². The van der Waals surface area contributed by atoms with Crippen molar-refractivity contribution in [2.45, 2.75) is 19.6 Å². The van der Waals surface area contributed by atoms with E-state index in [1.165, 1.54) is 11.5 Å². The lowest BCUT2D eigenvalue weighted by atomic mass is 10.3. The Kier molecular flexibility index (Phi) is 7.66. The molecule has 0 aliphatic rings. The van der Waals surface area contributed by atoms with Gasteiger partial charge in [0.25, 0.3) is 0 Å². The van der Waals surface area contributed by atoms with Crippen molar-refractivity contribution < 1.29 is 4.21 Å². The molecule has 0 radical (unpaired) electrons. The minimum atomic E-state index is -0.927. The summed E-state index contributed by atoms with van der Waals surface area (Å²) in [6.07, 6.45) is 8.95. The Morgan fingerprint density at radius 2 is 2.10 bits per heavy atom. The fraction of sp³-hybridized carbons (Fsp3) is 0.368. The van der Waals surface area contributed by atoms with Crippen LogP contribution in [0.1, 0.15) is 19.5 Å². The van der Waals surface area contributed by atoms with Gasteiger partial charge < -0.3 is 10.2 Å². The van der Waals surface area contributed by atoms with Crippen LogP contribution in [0, 0.1) is 0 Å². The van der Waals surface area contributed by atoms with Crippen molar-refractivity contribution in [1.29, 1.82) is 0 Å². The van der Waals surface area contributed by atoms with E-state index in [1.54, 1.807) is 18.6 Å². The van der Waals surface area contributed by atoms with E-state index in [2.05, 4.69) is 29.9 Å². The second kappa shape index (κ2) is 10.4. The standard InChI is InChI=1S/C17H20N8OS2.C2H6/c1-24(2)5-6-28(26)11-13-7-15(27-23-13)22-16-17-19-10-14(12-8-20-21-9-12)25(17)4-3-18-16;1-2/h3-4,7-10H,5-6,11H2,1-2H3,(H,18,22)(H,20,21);1-2H3. The van der Waals surface area contributed by atoms with Crippen LogP contribution in [0.3, 0.4) is 0 Å². The van der Waals surface area contributed by atoms with E-state index in [1.807, 2.05) is 55.7 Å². The van der Waals surface area contributed by atoms with Crippen molar-refractivity contribution in [3.05, 3.63) is 42.7 Å². The highest BCUT2D eigenvalue weighted by Crippen LogP contribution is 2.26. The maximum absolute atomic E-state index is 12.2. The van der Waals surface area contributed by atoms with Crippen LogP contribution in [0.15, 0.2) is 37.1 Å². The van der Waals surface area contributed by atoms with Crippen LogP contribution in [0.2, 0.25) is 0 Å². The number of nitrogens with one attached hydrogen (secondary N) is 2. The molecule has 11 heteroatoms. The molecule has 0 fully saturated rings. The lowest BCUT2D eigenvalue weighted by molar-refractivity contribution is 0.435. The van der Waals surface area contributed by atoms with Gasteiger partial charge in [-0.05, 0) is 31.7 Å². The first-order valence-electron chi connectivity index (χ1n) is 9.63. The summed E-state index contributed by atoms with van der Waals surface area (Å²) >= 11 is 1.33. The molecule has 30 heavy (non-hydrogen) atoms. The quantitative estimate of drug-likeness (QED) is 0.428. The maximum Gasteiger partial charge on any atom is 0.180 e. The Bertz CT molecular complexity index is 1090. The van der Waals surface area contributed by atoms with Crippen LogP contribution in [-0.2, 0) is 16.6 Å². The highest BCUT2D eigenvalue weighted by molar-refractivity contribution is 7.84. The van der Waals surface area contributed by atoms with Crippen molar-refractivity contribution in [2.75, 3.05) is 31.7 Å². The molecule has 0 saturated carbocycles. The summed E-state index contributed by atoms with van der Waals surface area (Å²) in [5.41, 5.74) is 3.41. The number of nitrogens with zero attached hydrogens (tertiary/aromatic N) is 6. The number of aromatic nitrogens is 6. The monoisotopic (exact) mass is 446 g/mol. The molecule has 160 valence electrons. The van der Waals surface area contributed by atoms with E-state index in [0.29, 0.717) is 23.0 Å². The van der Waals surface area contributed by atoms with Crippen LogP contribution in [-0.4, -0.2) is 64.4 Å². The Morgan fingerprint density at radius 1 is 1.27 bits per heavy atom. The minimum absolute atomic E-state index is 0.456. The molecule has 2 N–H and O–H groups in total. The zero-order valence-electron chi connectivity index (χ0n) is 17.5. The fourth-order valence-electron chi connectivity index (χ4n) is 2.69. The van der Waals surface area contributed by atoms with Gasteiger partial charge in [-0.25, -0.2) is 9.97 Å². The number of anilines is 2. The van der Waals surface area contributed by atoms with Crippen molar-refractivity contribution in [2.24, 2.45) is 0 Å². The molecule has 4 heterocycles. The predicted molar refractivity (Wildman–Crippen MR) is 123 cm³/mol. The summed E-state index contributed by atoms with van der Waals surface area (Å²) in [6.45, 7) is 4.80. The van der Waals surface area contributed by atoms with Gasteiger partial charge in [-0.15, -0.1) is 0 Å². The van der Waals surface area contributed by atoms with Crippen molar-refractivity contribution >= 4 is 38.8 Å². The van der Waals surface area contributed by atoms with Crippen molar-refractivity contribution in [3.63, 3.8) is 0 Å². The molecular weight excluding hydrogens is 420 g/mol. The van der Waals surface area contributed by atoms with Crippen LogP contribution in [0.25, 0.3) is 16.9 Å². The summed E-state index contributed by atoms with van der Waals surface area (Å²) < 4.78 is 18.5. The summed E-state index contributed by atoms with van der Waals surface area (Å²) in [4.78, 5) is 10.9. The Morgan fingerprint density at radius 3 is 2.83 bits per heavy atom. The molecule has 0 spiro atoms. The van der Waals surface area contributed by atoms with E-state index in [4.69, 9.17) is 0 Å². The molecule has 4 rings (SSSR count). The number of hydrogen-bond donors (Lipinski definition) is 2. The Hall–Kier alpha value is -2.63. The number of rotatable bonds is 8. The predicted octanol–water partition coefficient (Wildman–Crippen LogP) is 3.16. The molecule has 0 aromatic carbocycles. The van der Waals surface area contributed by atoms with Crippen molar-refractivity contribution in [1.82, 2.24) is 33.8 Å². The molecule has 0 aliphatic heterocycles. The third-order valence-electron chi connectivity index (χ3n) is 4.10. The van der Waals surface area contributed by atoms with E-state index in [9.17, 15) is 4.21 Å². The average Bonchev–Trinajstić information content (AvgIpc) is 3.49. The van der Waals surface area contributed by atoms with E-state index in [-0.39, 0.29) is 0 Å². The van der Waals surface area contributed by atoms with E-state index < -0.39 is 10.8 Å². The first-order chi connectivity index (χ1) is 14.6. The van der Waals surface area contributed by atoms with Crippen LogP contribution >= 0.6 is 11.5 Å². The smallest absolute Gasteiger partial charge is 0.180 e. The minimum Gasteiger partial charge on any atom is -0.328 e. The molecule has 0 aliphatic carbocycles. The van der Waals surface area contributed by atoms with Gasteiger partial charge in [0.1, 0.15) is 5.00 Å². The van der Waals surface area contributed by atoms with Crippen LogP contribution < -0.4 is 5.32 Å². The second-order valence-electron chi connectivity index (χ2n) is 6.50. The number of imidazole rings is 1. The van der Waals surface area contributed by atoms with Gasteiger partial charge >= 0.3 is 0 Å². The first kappa shape index (κ1) is 22.1. The van der Waals surface area contributed by atoms with Gasteiger partial charge in [0.05, 0.1) is 29.5 Å². The molecule has 4 aromatic heterocycles. The third-order valence-corrected chi connectivity index (χ3v) is 6.10. The van der Waals surface area contributed by atoms with E-state index >= 15 is 0 Å². The van der Waals surface area contributed by atoms with Gasteiger partial charge in [0.2, 0.25) is 0 Å². The summed E-state index contributed by atoms with van der Waals surface area (Å²) in [5, 5.41) is 10.9. The topological polar surface area (TPSA) is 104 Å². The normalized spacial score (nSPS) is 12.0. The van der Waals surface area contributed by atoms with Gasteiger partial charge in [0.15, 0.2) is 11.5 Å². The largest absolute Gasteiger partial charge is 0.328 e. The SMILES string of the molecule is CC.CN(C)CCS(=O)Cc1cc(Nc2nccn3c(-c4cn[nH]c4)cnc23)sn1. The highest BCUT2D eigenvalue weighted by atomic mass is 32.2. The first-order valence-corrected chi connectivity index (χ1v) is 11.9. The van der Waals surface area contributed by atoms with Crippen molar-refractivity contribution in [3.8, 4) is 11.3 Å². The van der Waals surface area contributed by atoms with Crippen LogP contribution in [0.4, 0.5) is 10.8 Å². The third kappa shape index (κ3) is 5.29. The second-order valence-corrected chi connectivity index (χ2v) is 8.88. The lowest BCUT2D eigenvalue weighted by Crippen LogP contribution is -2.19. The Labute approximate surface area is 182 Å². The lowest BCUT2D eigenvalue weighted by Gasteiger charge is -2.07. The number of fused-ring (bicyclic) bond motifs is 1.